The molecule has 22 heteroatoms. The first kappa shape index (κ1) is 71.7. The summed E-state index contributed by atoms with van der Waals surface area (Å²) in [5.74, 6) is -6.75. The van der Waals surface area contributed by atoms with Crippen molar-refractivity contribution in [1.82, 2.24) is 30.2 Å². The first-order chi connectivity index (χ1) is 43.2. The van der Waals surface area contributed by atoms with Crippen molar-refractivity contribution in [3.05, 3.63) is 114 Å². The van der Waals surface area contributed by atoms with Crippen LogP contribution in [0.5, 0.6) is 17.2 Å². The van der Waals surface area contributed by atoms with Gasteiger partial charge >= 0.3 is 11.9 Å². The molecule has 0 unspecified atom stereocenters. The van der Waals surface area contributed by atoms with Crippen molar-refractivity contribution in [2.75, 3.05) is 74.8 Å². The molecule has 2 N–H and O–H groups in total. The van der Waals surface area contributed by atoms with Crippen LogP contribution in [-0.4, -0.2) is 177 Å². The Hall–Kier alpha value is -8.40. The third-order valence-electron chi connectivity index (χ3n) is 16.3. The van der Waals surface area contributed by atoms with Gasteiger partial charge in [0.25, 0.3) is 11.8 Å². The van der Waals surface area contributed by atoms with Crippen molar-refractivity contribution in [3.8, 4) is 17.2 Å². The Labute approximate surface area is 533 Å². The zero-order chi connectivity index (χ0) is 66.6. The molecule has 0 aliphatic carbocycles. The minimum atomic E-state index is -1.49. The molecule has 6 rings (SSSR count). The van der Waals surface area contributed by atoms with E-state index >= 15 is 9.18 Å². The number of carbonyl (C=O) groups excluding carboxylic acids is 9. The highest BCUT2D eigenvalue weighted by atomic mass is 19.1. The summed E-state index contributed by atoms with van der Waals surface area (Å²) in [6.07, 6.45) is 6.10. The lowest BCUT2D eigenvalue weighted by Crippen LogP contribution is -2.59. The number of halogens is 1. The van der Waals surface area contributed by atoms with Gasteiger partial charge in [-0.05, 0) is 144 Å². The minimum absolute atomic E-state index is 0.00841. The lowest BCUT2D eigenvalue weighted by Gasteiger charge is -2.36. The van der Waals surface area contributed by atoms with Crippen molar-refractivity contribution in [1.29, 1.82) is 0 Å². The number of piperidine rings is 1. The van der Waals surface area contributed by atoms with Crippen LogP contribution >= 0.6 is 0 Å². The molecule has 0 spiro atoms. The number of aryl methyl sites for hydroxylation is 1. The third kappa shape index (κ3) is 20.6. The Bertz CT molecular complexity index is 3250. The van der Waals surface area contributed by atoms with Crippen LogP contribution in [0.4, 0.5) is 4.39 Å². The van der Waals surface area contributed by atoms with Crippen molar-refractivity contribution >= 4 is 63.9 Å². The predicted molar refractivity (Wildman–Crippen MR) is 339 cm³/mol. The van der Waals surface area contributed by atoms with E-state index in [0.29, 0.717) is 68.2 Å². The molecule has 5 atom stereocenters. The standard InChI is InChI=1S/C69H91FN6O15/c1-12-13-27-53-64(82)72-52(38-45-30-32-47-23-17-18-24-48(47)36-45)65(83)75(9)55(42-90-68(2,3)4)63(81)71-41-58(77)73(7)34-20-15-14-16-29-60(79)89-44-69(5,6)62(80)66(84)76-35-21-19-28-54(76)67(85)91-56(33-31-46-37-51(70)61(87-11)57(39-46)86-10)49-25-22-26-50(40-49)88-43-59(78)74(53)8/h16-18,22-26,29-30,32,36-37,39-40,52-56H,12-15,19-21,27-28,31,33-35,38,41-44H2,1-11H3,(H,71,81)(H,72,82)/t52-,53-,54-,55-,56+/m0/s1. The first-order valence-electron chi connectivity index (χ1n) is 31.2. The number of ketones is 1. The summed E-state index contributed by atoms with van der Waals surface area (Å²) in [7, 11) is 7.20. The molecule has 0 radical (unpaired) electrons. The van der Waals surface area contributed by atoms with Gasteiger partial charge < -0.3 is 58.7 Å². The molecule has 91 heavy (non-hydrogen) atoms. The molecule has 494 valence electrons. The Kier molecular flexibility index (Phi) is 26.5. The summed E-state index contributed by atoms with van der Waals surface area (Å²) in [5.41, 5.74) is -0.650. The van der Waals surface area contributed by atoms with Gasteiger partial charge in [-0.2, -0.15) is 0 Å². The van der Waals surface area contributed by atoms with Gasteiger partial charge in [-0.1, -0.05) is 80.4 Å². The number of cyclic esters (lactones) is 2. The number of allylic oxidation sites excluding steroid dienone is 1. The van der Waals surface area contributed by atoms with Crippen molar-refractivity contribution in [3.63, 3.8) is 0 Å². The molecule has 2 aliphatic heterocycles. The molecular weight excluding hydrogens is 1170 g/mol. The highest BCUT2D eigenvalue weighted by molar-refractivity contribution is 6.38. The molecule has 0 aromatic heterocycles. The van der Waals surface area contributed by atoms with Crippen LogP contribution in [0, 0.1) is 11.2 Å². The number of rotatable bonds is 12. The SMILES string of the molecule is CCCC[C@H]1C(=O)N[C@@H](Cc2ccc3ccccc3c2)C(=O)N(C)[C@@H](COC(C)(C)C)C(=O)NCC(=O)N(C)CCCCC=CC(=O)OCC(C)(C)C(=O)C(=O)N2CCCC[C@H]2C(=O)O[C@H](CCc2cc(F)c(OC)c(OC)c2)c2cccc(c2)OCC(=O)N1C. The normalized spacial score (nSPS) is 21.5. The number of amides is 6. The number of ether oxygens (including phenoxy) is 6. The number of hydrogen-bond donors (Lipinski definition) is 2. The topological polar surface area (TPSA) is 246 Å². The maximum absolute atomic E-state index is 15.3. The van der Waals surface area contributed by atoms with E-state index in [1.54, 1.807) is 64.2 Å². The quantitative estimate of drug-likeness (QED) is 0.101. The number of benzene rings is 4. The molecule has 6 amide bonds. The summed E-state index contributed by atoms with van der Waals surface area (Å²) in [5, 5.41) is 7.51. The van der Waals surface area contributed by atoms with E-state index in [4.69, 9.17) is 28.4 Å². The number of esters is 2. The van der Waals surface area contributed by atoms with Crippen LogP contribution in [0.2, 0.25) is 0 Å². The number of carbonyl (C=O) groups is 9. The highest BCUT2D eigenvalue weighted by Gasteiger charge is 2.43. The fraction of sp³-hybridized carbons (Fsp3) is 0.522. The second kappa shape index (κ2) is 33.6. The molecule has 21 nitrogen and oxygen atoms in total. The minimum Gasteiger partial charge on any atom is -0.493 e. The maximum Gasteiger partial charge on any atom is 0.330 e. The zero-order valence-electron chi connectivity index (χ0n) is 54.6. The Morgan fingerprint density at radius 2 is 1.48 bits per heavy atom. The highest BCUT2D eigenvalue weighted by Crippen LogP contribution is 2.35. The summed E-state index contributed by atoms with van der Waals surface area (Å²) in [6, 6.07) is 17.9. The average Bonchev–Trinajstić information content (AvgIpc) is 1.54. The van der Waals surface area contributed by atoms with E-state index in [-0.39, 0.29) is 62.5 Å². The van der Waals surface area contributed by atoms with E-state index < -0.39 is 120 Å². The summed E-state index contributed by atoms with van der Waals surface area (Å²) in [6.45, 7) is 9.00. The van der Waals surface area contributed by atoms with Gasteiger partial charge in [-0.25, -0.2) is 14.0 Å². The zero-order valence-corrected chi connectivity index (χ0v) is 54.6. The smallest absolute Gasteiger partial charge is 0.330 e. The molecule has 2 aliphatic rings. The monoisotopic (exact) mass is 1260 g/mol. The van der Waals surface area contributed by atoms with Gasteiger partial charge in [0.1, 0.15) is 42.6 Å². The van der Waals surface area contributed by atoms with Crippen molar-refractivity contribution in [2.24, 2.45) is 5.41 Å². The van der Waals surface area contributed by atoms with Crippen LogP contribution in [0.3, 0.4) is 0 Å². The predicted octanol–water partition coefficient (Wildman–Crippen LogP) is 7.81. The number of hydrogen-bond acceptors (Lipinski definition) is 15. The molecule has 2 bridgehead atoms. The molecular formula is C69H91FN6O15. The lowest BCUT2D eigenvalue weighted by molar-refractivity contribution is -0.165. The van der Waals surface area contributed by atoms with Gasteiger partial charge in [-0.3, -0.25) is 33.6 Å². The number of fused-ring (bicyclic) bond motifs is 4. The second-order valence-electron chi connectivity index (χ2n) is 24.9. The van der Waals surface area contributed by atoms with Crippen LogP contribution in [-0.2, 0) is 70.2 Å². The maximum atomic E-state index is 15.3. The number of nitrogens with one attached hydrogen (secondary N) is 2. The van der Waals surface area contributed by atoms with Crippen LogP contribution in [0.25, 0.3) is 10.8 Å². The number of methoxy groups -OCH3 is 2. The number of likely N-dealkylation sites (N-methyl/N-ethyl adjacent to an activating group) is 3. The molecule has 4 aromatic carbocycles. The van der Waals surface area contributed by atoms with Crippen LogP contribution < -0.4 is 24.8 Å². The molecule has 1 saturated heterocycles. The van der Waals surface area contributed by atoms with Crippen LogP contribution in [0.1, 0.15) is 129 Å². The average molecular weight is 1260 g/mol. The van der Waals surface area contributed by atoms with E-state index in [1.165, 1.54) is 73.9 Å². The number of unbranched alkanes of at least 4 members (excludes halogenated alkanes) is 1. The molecule has 1 fully saturated rings. The third-order valence-corrected chi connectivity index (χ3v) is 16.3. The van der Waals surface area contributed by atoms with Crippen molar-refractivity contribution in [2.45, 2.75) is 154 Å². The van der Waals surface area contributed by atoms with Gasteiger partial charge in [-0.15, -0.1) is 0 Å². The summed E-state index contributed by atoms with van der Waals surface area (Å²) < 4.78 is 50.0. The van der Waals surface area contributed by atoms with Crippen molar-refractivity contribution < 1.29 is 76.0 Å². The number of nitrogens with zero attached hydrogens (tertiary/aromatic N) is 4. The van der Waals surface area contributed by atoms with E-state index in [9.17, 15) is 38.4 Å². The van der Waals surface area contributed by atoms with Crippen LogP contribution in [0.15, 0.2) is 91.0 Å². The second-order valence-corrected chi connectivity index (χ2v) is 24.9. The lowest BCUT2D eigenvalue weighted by atomic mass is 9.87. The first-order valence-corrected chi connectivity index (χ1v) is 31.2. The summed E-state index contributed by atoms with van der Waals surface area (Å²) in [4.78, 5) is 133. The van der Waals surface area contributed by atoms with Gasteiger partial charge in [0.2, 0.25) is 29.4 Å². The largest absolute Gasteiger partial charge is 0.493 e. The van der Waals surface area contributed by atoms with E-state index in [0.717, 1.165) is 10.8 Å². The van der Waals surface area contributed by atoms with E-state index in [2.05, 4.69) is 10.6 Å². The van der Waals surface area contributed by atoms with Gasteiger partial charge in [0.05, 0.1) is 38.4 Å². The number of Topliss-reactive ketones (excluding diaryl/α,β-unsaturated/α-hetero) is 1. The summed E-state index contributed by atoms with van der Waals surface area (Å²) >= 11 is 0. The van der Waals surface area contributed by atoms with Gasteiger partial charge in [0, 0.05) is 46.7 Å². The van der Waals surface area contributed by atoms with Gasteiger partial charge in [0.15, 0.2) is 23.9 Å². The van der Waals surface area contributed by atoms with E-state index in [1.807, 2.05) is 49.4 Å². The Balaban J connectivity index is 1.34. The fourth-order valence-electron chi connectivity index (χ4n) is 10.7. The Morgan fingerprint density at radius 3 is 2.20 bits per heavy atom. The Morgan fingerprint density at radius 1 is 0.747 bits per heavy atom. The fourth-order valence-corrected chi connectivity index (χ4v) is 10.7. The molecule has 4 aromatic rings. The molecule has 2 heterocycles. The molecule has 0 saturated carbocycles.